The van der Waals surface area contributed by atoms with Gasteiger partial charge in [0.2, 0.25) is 6.29 Å². The molecule has 0 aromatic heterocycles. The molecule has 1 rings (SSSR count). The molecule has 1 aliphatic heterocycles. The minimum absolute atomic E-state index is 0.0779. The molecule has 0 aliphatic carbocycles. The van der Waals surface area contributed by atoms with Crippen molar-refractivity contribution in [2.75, 3.05) is 0 Å². The molecule has 5 nitrogen and oxygen atoms in total. The van der Waals surface area contributed by atoms with Crippen molar-refractivity contribution in [3.8, 4) is 0 Å². The van der Waals surface area contributed by atoms with Gasteiger partial charge >= 0.3 is 5.97 Å². The van der Waals surface area contributed by atoms with Gasteiger partial charge in [-0.1, -0.05) is 0 Å². The first kappa shape index (κ1) is 16.1. The molecule has 5 heteroatoms. The van der Waals surface area contributed by atoms with Gasteiger partial charge < -0.3 is 4.74 Å². The third-order valence-corrected chi connectivity index (χ3v) is 3.05. The van der Waals surface area contributed by atoms with E-state index in [9.17, 15) is 9.59 Å². The van der Waals surface area contributed by atoms with Crippen LogP contribution in [0, 0.1) is 10.8 Å². The quantitative estimate of drug-likeness (QED) is 0.437. The summed E-state index contributed by atoms with van der Waals surface area (Å²) in [5, 5.41) is 0. The lowest BCUT2D eigenvalue weighted by Crippen LogP contribution is -2.39. The highest BCUT2D eigenvalue weighted by Crippen LogP contribution is 2.38. The van der Waals surface area contributed by atoms with Crippen LogP contribution in [0.1, 0.15) is 54.9 Å². The number of esters is 1. The zero-order valence-corrected chi connectivity index (χ0v) is 12.8. The van der Waals surface area contributed by atoms with Crippen LogP contribution in [0.3, 0.4) is 0 Å². The summed E-state index contributed by atoms with van der Waals surface area (Å²) in [6.07, 6.45) is -0.410. The van der Waals surface area contributed by atoms with E-state index in [1.165, 1.54) is 0 Å². The molecule has 0 amide bonds. The smallest absolute Gasteiger partial charge is 0.312 e. The second-order valence-corrected chi connectivity index (χ2v) is 7.23. The Hall–Kier alpha value is -0.940. The minimum atomic E-state index is -0.865. The van der Waals surface area contributed by atoms with Crippen molar-refractivity contribution in [2.24, 2.45) is 10.8 Å². The fourth-order valence-electron chi connectivity index (χ4n) is 1.52. The monoisotopic (exact) mass is 272 g/mol. The maximum atomic E-state index is 12.3. The third-order valence-electron chi connectivity index (χ3n) is 3.05. The first-order chi connectivity index (χ1) is 8.36. The van der Waals surface area contributed by atoms with Crippen molar-refractivity contribution in [3.63, 3.8) is 0 Å². The van der Waals surface area contributed by atoms with Crippen molar-refractivity contribution < 1.29 is 24.1 Å². The predicted octanol–water partition coefficient (Wildman–Crippen LogP) is 2.63. The molecule has 0 bridgehead atoms. The predicted molar refractivity (Wildman–Crippen MR) is 69.0 cm³/mol. The molecule has 0 aromatic rings. The van der Waals surface area contributed by atoms with Gasteiger partial charge in [-0.2, -0.15) is 9.78 Å². The molecule has 0 aromatic carbocycles. The zero-order chi connectivity index (χ0) is 15.1. The Morgan fingerprint density at radius 2 is 1.47 bits per heavy atom. The molecule has 1 saturated heterocycles. The molecule has 0 atom stereocenters. The first-order valence-electron chi connectivity index (χ1n) is 6.45. The molecule has 110 valence electrons. The standard InChI is InChI=1S/C14H24O5/c1-12(2,3)17-10(16)13(4,5)8-9(15)14(6,7)11-18-19-11/h11H,8H2,1-7H3. The van der Waals surface area contributed by atoms with Crippen LogP contribution in [-0.2, 0) is 24.1 Å². The summed E-state index contributed by atoms with van der Waals surface area (Å²) in [7, 11) is 0. The van der Waals surface area contributed by atoms with E-state index in [1.54, 1.807) is 48.5 Å². The molecule has 1 heterocycles. The molecule has 0 unspecified atom stereocenters. The van der Waals surface area contributed by atoms with Crippen LogP contribution >= 0.6 is 0 Å². The van der Waals surface area contributed by atoms with Gasteiger partial charge in [-0.3, -0.25) is 9.59 Å². The molecule has 19 heavy (non-hydrogen) atoms. The Morgan fingerprint density at radius 1 is 1.00 bits per heavy atom. The van der Waals surface area contributed by atoms with Crippen LogP contribution in [0.25, 0.3) is 0 Å². The van der Waals surface area contributed by atoms with Crippen LogP contribution in [0.4, 0.5) is 0 Å². The molecule has 0 saturated carbocycles. The summed E-state index contributed by atoms with van der Waals surface area (Å²) in [4.78, 5) is 33.8. The van der Waals surface area contributed by atoms with E-state index >= 15 is 0 Å². The first-order valence-corrected chi connectivity index (χ1v) is 6.45. The lowest BCUT2D eigenvalue weighted by atomic mass is 9.77. The molecule has 0 radical (unpaired) electrons. The average molecular weight is 272 g/mol. The molecule has 1 aliphatic rings. The second kappa shape index (κ2) is 4.87. The lowest BCUT2D eigenvalue weighted by molar-refractivity contribution is -0.167. The van der Waals surface area contributed by atoms with E-state index in [1.807, 2.05) is 0 Å². The third kappa shape index (κ3) is 4.28. The number of carbonyl (C=O) groups excluding carboxylic acids is 2. The van der Waals surface area contributed by atoms with E-state index in [4.69, 9.17) is 14.5 Å². The topological polar surface area (TPSA) is 68.4 Å². The average Bonchev–Trinajstić information content (AvgIpc) is 2.96. The van der Waals surface area contributed by atoms with Crippen molar-refractivity contribution >= 4 is 11.8 Å². The van der Waals surface area contributed by atoms with Crippen LogP contribution in [0.5, 0.6) is 0 Å². The summed E-state index contributed by atoms with van der Waals surface area (Å²) in [5.41, 5.74) is -2.18. The largest absolute Gasteiger partial charge is 0.460 e. The lowest BCUT2D eigenvalue weighted by Gasteiger charge is -2.30. The zero-order valence-electron chi connectivity index (χ0n) is 12.8. The van der Waals surface area contributed by atoms with Gasteiger partial charge in [-0.05, 0) is 48.5 Å². The van der Waals surface area contributed by atoms with Gasteiger partial charge in [0.15, 0.2) is 0 Å². The van der Waals surface area contributed by atoms with Crippen molar-refractivity contribution in [1.29, 1.82) is 0 Å². The molecular formula is C14H24O5. The highest BCUT2D eigenvalue weighted by Gasteiger charge is 2.50. The summed E-state index contributed by atoms with van der Waals surface area (Å²) in [6.45, 7) is 12.3. The van der Waals surface area contributed by atoms with Crippen molar-refractivity contribution in [2.45, 2.75) is 66.8 Å². The van der Waals surface area contributed by atoms with Gasteiger partial charge in [0.05, 0.1) is 10.8 Å². The van der Waals surface area contributed by atoms with Gasteiger partial charge in [-0.25, -0.2) is 0 Å². The van der Waals surface area contributed by atoms with Gasteiger partial charge in [0, 0.05) is 6.42 Å². The van der Waals surface area contributed by atoms with Crippen LogP contribution < -0.4 is 0 Å². The Kier molecular flexibility index (Phi) is 4.13. The number of ether oxygens (including phenoxy) is 1. The summed E-state index contributed by atoms with van der Waals surface area (Å²) >= 11 is 0. The number of Topliss-reactive ketones (excluding diaryl/α,β-unsaturated/α-hetero) is 1. The molecular weight excluding hydrogens is 248 g/mol. The maximum Gasteiger partial charge on any atom is 0.312 e. The number of hydrogen-bond donors (Lipinski definition) is 0. The van der Waals surface area contributed by atoms with Crippen LogP contribution in [-0.4, -0.2) is 23.6 Å². The highest BCUT2D eigenvalue weighted by molar-refractivity contribution is 5.90. The van der Waals surface area contributed by atoms with E-state index in [0.29, 0.717) is 0 Å². The van der Waals surface area contributed by atoms with Crippen molar-refractivity contribution in [3.05, 3.63) is 0 Å². The molecule has 1 fully saturated rings. The van der Waals surface area contributed by atoms with Crippen LogP contribution in [0.2, 0.25) is 0 Å². The fraction of sp³-hybridized carbons (Fsp3) is 0.857. The molecule has 0 N–H and O–H groups in total. The Labute approximate surface area is 114 Å². The van der Waals surface area contributed by atoms with Crippen molar-refractivity contribution in [1.82, 2.24) is 0 Å². The highest BCUT2D eigenvalue weighted by atomic mass is 17.4. The van der Waals surface area contributed by atoms with E-state index in [-0.39, 0.29) is 18.2 Å². The number of rotatable bonds is 5. The fourth-order valence-corrected chi connectivity index (χ4v) is 1.52. The Balaban J connectivity index is 2.68. The Bertz CT molecular complexity index is 372. The number of hydrogen-bond acceptors (Lipinski definition) is 5. The van der Waals surface area contributed by atoms with E-state index in [0.717, 1.165) is 0 Å². The summed E-state index contributed by atoms with van der Waals surface area (Å²) in [6, 6.07) is 0. The second-order valence-electron chi connectivity index (χ2n) is 7.23. The minimum Gasteiger partial charge on any atom is -0.460 e. The Morgan fingerprint density at radius 3 is 1.84 bits per heavy atom. The summed E-state index contributed by atoms with van der Waals surface area (Å²) < 4.78 is 5.34. The van der Waals surface area contributed by atoms with Gasteiger partial charge in [-0.15, -0.1) is 0 Å². The van der Waals surface area contributed by atoms with E-state index < -0.39 is 22.7 Å². The number of carbonyl (C=O) groups is 2. The van der Waals surface area contributed by atoms with Gasteiger partial charge in [0.25, 0.3) is 0 Å². The van der Waals surface area contributed by atoms with E-state index in [2.05, 4.69) is 0 Å². The summed E-state index contributed by atoms with van der Waals surface area (Å²) in [5.74, 6) is -0.451. The number of ketones is 1. The maximum absolute atomic E-state index is 12.3. The normalized spacial score (nSPS) is 17.2. The SMILES string of the molecule is CC(C)(C)OC(=O)C(C)(C)CC(=O)C(C)(C)C1OO1. The van der Waals surface area contributed by atoms with Gasteiger partial charge in [0.1, 0.15) is 11.4 Å². The van der Waals surface area contributed by atoms with Crippen LogP contribution in [0.15, 0.2) is 0 Å². The molecule has 0 spiro atoms.